The van der Waals surface area contributed by atoms with E-state index in [1.165, 1.54) is 30.6 Å². The molecule has 1 aromatic rings. The first-order chi connectivity index (χ1) is 10.3. The van der Waals surface area contributed by atoms with E-state index in [0.29, 0.717) is 17.7 Å². The fraction of sp³-hybridized carbons (Fsp3) is 0.588. The minimum atomic E-state index is 0.296. The molecule has 0 spiro atoms. The van der Waals surface area contributed by atoms with E-state index in [4.69, 9.17) is 0 Å². The van der Waals surface area contributed by atoms with Crippen LogP contribution in [-0.2, 0) is 4.79 Å². The molecule has 21 heavy (non-hydrogen) atoms. The van der Waals surface area contributed by atoms with Crippen molar-refractivity contribution in [3.8, 4) is 0 Å². The molecule has 1 saturated heterocycles. The smallest absolute Gasteiger partial charge is 0.232 e. The molecule has 1 amide bonds. The zero-order chi connectivity index (χ0) is 14.5. The highest BCUT2D eigenvalue weighted by atomic mass is 32.2. The Morgan fingerprint density at radius 3 is 2.67 bits per heavy atom. The van der Waals surface area contributed by atoms with Crippen LogP contribution >= 0.6 is 11.8 Å². The van der Waals surface area contributed by atoms with Gasteiger partial charge in [0.1, 0.15) is 0 Å². The summed E-state index contributed by atoms with van der Waals surface area (Å²) in [6.07, 6.45) is 5.05. The molecule has 1 heterocycles. The maximum Gasteiger partial charge on any atom is 0.232 e. The highest BCUT2D eigenvalue weighted by molar-refractivity contribution is 8.00. The van der Waals surface area contributed by atoms with Crippen LogP contribution in [0.5, 0.6) is 0 Å². The quantitative estimate of drug-likeness (QED) is 0.786. The summed E-state index contributed by atoms with van der Waals surface area (Å²) in [6.45, 7) is 2.96. The summed E-state index contributed by atoms with van der Waals surface area (Å²) < 4.78 is 0. The van der Waals surface area contributed by atoms with Gasteiger partial charge in [-0.2, -0.15) is 0 Å². The standard InChI is InChI=1S/C17H24N2OS/c20-17(13-21-16-6-2-1-3-7-16)19(11-14-8-9-14)12-15-5-4-10-18-15/h1-3,6-7,14-15,18H,4-5,8-13H2. The van der Waals surface area contributed by atoms with Gasteiger partial charge in [-0.05, 0) is 50.3 Å². The molecule has 0 aromatic heterocycles. The number of carbonyl (C=O) groups excluding carboxylic acids is 1. The van der Waals surface area contributed by atoms with Gasteiger partial charge in [-0.15, -0.1) is 11.8 Å². The molecular formula is C17H24N2OS. The van der Waals surface area contributed by atoms with Gasteiger partial charge >= 0.3 is 0 Å². The van der Waals surface area contributed by atoms with Crippen LogP contribution in [0.3, 0.4) is 0 Å². The van der Waals surface area contributed by atoms with Gasteiger partial charge in [0, 0.05) is 24.0 Å². The average Bonchev–Trinajstić information content (AvgIpc) is 3.18. The monoisotopic (exact) mass is 304 g/mol. The molecule has 3 rings (SSSR count). The summed E-state index contributed by atoms with van der Waals surface area (Å²) in [6, 6.07) is 10.7. The number of nitrogens with zero attached hydrogens (tertiary/aromatic N) is 1. The van der Waals surface area contributed by atoms with E-state index in [2.05, 4.69) is 22.3 Å². The Bertz CT molecular complexity index is 455. The van der Waals surface area contributed by atoms with Gasteiger partial charge in [0.05, 0.1) is 5.75 Å². The molecule has 114 valence electrons. The van der Waals surface area contributed by atoms with Crippen LogP contribution in [0.15, 0.2) is 35.2 Å². The lowest BCUT2D eigenvalue weighted by atomic mass is 10.2. The summed E-state index contributed by atoms with van der Waals surface area (Å²) in [5, 5.41) is 3.51. The van der Waals surface area contributed by atoms with E-state index in [9.17, 15) is 4.79 Å². The van der Waals surface area contributed by atoms with Crippen molar-refractivity contribution in [3.63, 3.8) is 0 Å². The molecule has 4 heteroatoms. The fourth-order valence-corrected chi connectivity index (χ4v) is 3.64. The van der Waals surface area contributed by atoms with Crippen molar-refractivity contribution in [2.24, 2.45) is 5.92 Å². The van der Waals surface area contributed by atoms with Crippen LogP contribution in [0, 0.1) is 5.92 Å². The summed E-state index contributed by atoms with van der Waals surface area (Å²) in [5.74, 6) is 1.62. The molecule has 1 aromatic carbocycles. The van der Waals surface area contributed by atoms with Crippen molar-refractivity contribution >= 4 is 17.7 Å². The minimum Gasteiger partial charge on any atom is -0.340 e. The second-order valence-electron chi connectivity index (χ2n) is 6.14. The molecule has 1 unspecified atom stereocenters. The molecule has 2 fully saturated rings. The van der Waals surface area contributed by atoms with Crippen molar-refractivity contribution in [1.29, 1.82) is 0 Å². The fourth-order valence-electron chi connectivity index (χ4n) is 2.82. The van der Waals surface area contributed by atoms with E-state index >= 15 is 0 Å². The van der Waals surface area contributed by atoms with Gasteiger partial charge < -0.3 is 10.2 Å². The van der Waals surface area contributed by atoms with Gasteiger partial charge in [-0.3, -0.25) is 4.79 Å². The summed E-state index contributed by atoms with van der Waals surface area (Å²) in [5.41, 5.74) is 0. The number of amides is 1. The van der Waals surface area contributed by atoms with Gasteiger partial charge in [0.2, 0.25) is 5.91 Å². The Hall–Kier alpha value is -1.00. The van der Waals surface area contributed by atoms with Crippen molar-refractivity contribution in [3.05, 3.63) is 30.3 Å². The molecule has 3 nitrogen and oxygen atoms in total. The predicted octanol–water partition coefficient (Wildman–Crippen LogP) is 2.77. The second kappa shape index (κ2) is 7.32. The highest BCUT2D eigenvalue weighted by Gasteiger charge is 2.28. The van der Waals surface area contributed by atoms with Crippen LogP contribution in [0.25, 0.3) is 0 Å². The third-order valence-electron chi connectivity index (χ3n) is 4.24. The Labute approximate surface area is 131 Å². The summed E-state index contributed by atoms with van der Waals surface area (Å²) >= 11 is 1.65. The lowest BCUT2D eigenvalue weighted by molar-refractivity contribution is -0.128. The second-order valence-corrected chi connectivity index (χ2v) is 7.19. The maximum atomic E-state index is 12.5. The van der Waals surface area contributed by atoms with Crippen LogP contribution in [0.4, 0.5) is 0 Å². The number of carbonyl (C=O) groups is 1. The molecule has 1 saturated carbocycles. The zero-order valence-electron chi connectivity index (χ0n) is 12.5. The number of nitrogens with one attached hydrogen (secondary N) is 1. The Morgan fingerprint density at radius 1 is 1.19 bits per heavy atom. The first kappa shape index (κ1) is 14.9. The van der Waals surface area contributed by atoms with E-state index in [1.807, 2.05) is 18.2 Å². The molecule has 0 radical (unpaired) electrons. The van der Waals surface area contributed by atoms with E-state index in [0.717, 1.165) is 25.6 Å². The Balaban J connectivity index is 1.52. The molecule has 2 aliphatic rings. The lowest BCUT2D eigenvalue weighted by Crippen LogP contribution is -2.43. The molecule has 1 atom stereocenters. The molecular weight excluding hydrogens is 280 g/mol. The van der Waals surface area contributed by atoms with Crippen molar-refractivity contribution in [1.82, 2.24) is 10.2 Å². The van der Waals surface area contributed by atoms with Gasteiger partial charge in [0.15, 0.2) is 0 Å². The van der Waals surface area contributed by atoms with Crippen LogP contribution < -0.4 is 5.32 Å². The first-order valence-corrected chi connectivity index (χ1v) is 8.99. The van der Waals surface area contributed by atoms with E-state index in [1.54, 1.807) is 11.8 Å². The lowest BCUT2D eigenvalue weighted by Gasteiger charge is -2.26. The van der Waals surface area contributed by atoms with E-state index in [-0.39, 0.29) is 0 Å². The maximum absolute atomic E-state index is 12.5. The Morgan fingerprint density at radius 2 is 2.00 bits per heavy atom. The van der Waals surface area contributed by atoms with E-state index < -0.39 is 0 Å². The van der Waals surface area contributed by atoms with Crippen LogP contribution in [-0.4, -0.2) is 42.2 Å². The first-order valence-electron chi connectivity index (χ1n) is 8.00. The van der Waals surface area contributed by atoms with Crippen LogP contribution in [0.1, 0.15) is 25.7 Å². The molecule has 1 aliphatic carbocycles. The number of rotatable bonds is 7. The summed E-state index contributed by atoms with van der Waals surface area (Å²) in [7, 11) is 0. The molecule has 1 aliphatic heterocycles. The number of hydrogen-bond acceptors (Lipinski definition) is 3. The normalized spacial score (nSPS) is 21.4. The third kappa shape index (κ3) is 4.75. The highest BCUT2D eigenvalue weighted by Crippen LogP contribution is 2.30. The SMILES string of the molecule is O=C(CSc1ccccc1)N(CC1CC1)CC1CCCN1. The van der Waals surface area contributed by atoms with Crippen molar-refractivity contribution < 1.29 is 4.79 Å². The topological polar surface area (TPSA) is 32.3 Å². The molecule has 1 N–H and O–H groups in total. The largest absolute Gasteiger partial charge is 0.340 e. The molecule has 0 bridgehead atoms. The number of hydrogen-bond donors (Lipinski definition) is 1. The van der Waals surface area contributed by atoms with Gasteiger partial charge in [-0.1, -0.05) is 18.2 Å². The third-order valence-corrected chi connectivity index (χ3v) is 5.23. The summed E-state index contributed by atoms with van der Waals surface area (Å²) in [4.78, 5) is 15.8. The van der Waals surface area contributed by atoms with Gasteiger partial charge in [-0.25, -0.2) is 0 Å². The zero-order valence-corrected chi connectivity index (χ0v) is 13.3. The Kier molecular flexibility index (Phi) is 5.20. The predicted molar refractivity (Wildman–Crippen MR) is 87.5 cm³/mol. The average molecular weight is 304 g/mol. The van der Waals surface area contributed by atoms with Crippen LogP contribution in [0.2, 0.25) is 0 Å². The number of thioether (sulfide) groups is 1. The van der Waals surface area contributed by atoms with Crippen molar-refractivity contribution in [2.75, 3.05) is 25.4 Å². The number of benzene rings is 1. The minimum absolute atomic E-state index is 0.296. The van der Waals surface area contributed by atoms with Gasteiger partial charge in [0.25, 0.3) is 0 Å². The van der Waals surface area contributed by atoms with Crippen molar-refractivity contribution in [2.45, 2.75) is 36.6 Å².